The van der Waals surface area contributed by atoms with Gasteiger partial charge in [0.05, 0.1) is 0 Å². The molecule has 25 heavy (non-hydrogen) atoms. The maximum Gasteiger partial charge on any atom is 4.00 e. The Morgan fingerprint density at radius 1 is 0.920 bits per heavy atom. The molecule has 0 saturated heterocycles. The monoisotopic (exact) mass is 494 g/mol. The molecular formula is C10H12O11S3Zr. The molecule has 1 aliphatic rings. The van der Waals surface area contributed by atoms with E-state index in [-0.39, 0.29) is 31.1 Å². The summed E-state index contributed by atoms with van der Waals surface area (Å²) in [7, 11) is -13.8. The van der Waals surface area contributed by atoms with Gasteiger partial charge in [-0.3, -0.25) is 19.7 Å². The summed E-state index contributed by atoms with van der Waals surface area (Å²) >= 11 is 0. The van der Waals surface area contributed by atoms with Crippen LogP contribution in [0, 0.1) is 6.08 Å². The first-order chi connectivity index (χ1) is 10.6. The number of hydrogen-bond acceptors (Lipinski definition) is 8. The molecule has 0 amide bonds. The molecule has 3 N–H and O–H groups in total. The zero-order valence-corrected chi connectivity index (χ0v) is 17.0. The van der Waals surface area contributed by atoms with Crippen molar-refractivity contribution >= 4 is 30.9 Å². The van der Waals surface area contributed by atoms with Crippen LogP contribution in [0.1, 0.15) is 6.42 Å². The number of hydrogen-bond donors (Lipinski definition) is 3. The second-order valence-electron chi connectivity index (χ2n) is 3.44. The van der Waals surface area contributed by atoms with Gasteiger partial charge in [0.25, 0.3) is 10.1 Å². The van der Waals surface area contributed by atoms with Crippen LogP contribution in [-0.4, -0.2) is 48.0 Å². The zero-order valence-electron chi connectivity index (χ0n) is 12.1. The summed E-state index contributed by atoms with van der Waals surface area (Å²) in [5.41, 5.74) is 0. The minimum atomic E-state index is -4.92. The van der Waals surface area contributed by atoms with E-state index in [0.29, 0.717) is 6.42 Å². The second-order valence-corrected chi connectivity index (χ2v) is 6.54. The van der Waals surface area contributed by atoms with Crippen molar-refractivity contribution < 1.29 is 74.2 Å². The molecule has 15 heteroatoms. The van der Waals surface area contributed by atoms with Crippen molar-refractivity contribution in [2.75, 3.05) is 0 Å². The molecule has 2 rings (SSSR count). The van der Waals surface area contributed by atoms with E-state index >= 15 is 0 Å². The van der Waals surface area contributed by atoms with Gasteiger partial charge in [-0.2, -0.15) is 38.8 Å². The predicted molar refractivity (Wildman–Crippen MR) is 78.7 cm³/mol. The van der Waals surface area contributed by atoms with Crippen molar-refractivity contribution in [3.05, 3.63) is 53.5 Å². The molecule has 0 unspecified atom stereocenters. The van der Waals surface area contributed by atoms with E-state index in [4.69, 9.17) is 39.6 Å². The van der Waals surface area contributed by atoms with Gasteiger partial charge in [0.15, 0.2) is 0 Å². The Kier molecular flexibility index (Phi) is 15.8. The first-order valence-corrected chi connectivity index (χ1v) is 9.56. The Hall–Kier alpha value is -0.637. The maximum atomic E-state index is 10.2. The molecule has 0 heterocycles. The van der Waals surface area contributed by atoms with Gasteiger partial charge in [0, 0.05) is 0 Å². The van der Waals surface area contributed by atoms with Crippen LogP contribution in [0.25, 0.3) is 0 Å². The molecule has 11 nitrogen and oxygen atoms in total. The molecule has 0 radical (unpaired) electrons. The number of allylic oxidation sites excluding steroid dienone is 3. The summed E-state index contributed by atoms with van der Waals surface area (Å²) < 4.78 is 94.5. The SMILES string of the molecule is O=S(=O)(O)C1=[C-]CC=C1.O=S(=O)([O-])O.O=S(=O)([O-])O.[Zr+4].c1cc[cH-]c1. The summed E-state index contributed by atoms with van der Waals surface area (Å²) in [5.74, 6) is 0. The van der Waals surface area contributed by atoms with Gasteiger partial charge in [0.1, 0.15) is 0 Å². The Morgan fingerprint density at radius 3 is 1.40 bits per heavy atom. The van der Waals surface area contributed by atoms with Crippen molar-refractivity contribution in [2.24, 2.45) is 0 Å². The summed E-state index contributed by atoms with van der Waals surface area (Å²) in [4.78, 5) is -0.123. The Bertz CT molecular complexity index is 755. The third-order valence-corrected chi connectivity index (χ3v) is 2.33. The summed E-state index contributed by atoms with van der Waals surface area (Å²) in [6, 6.07) is 10.0. The van der Waals surface area contributed by atoms with E-state index in [1.54, 1.807) is 6.08 Å². The topological polar surface area (TPSA) is 209 Å². The summed E-state index contributed by atoms with van der Waals surface area (Å²) in [5, 5.41) is 0. The average Bonchev–Trinajstić information content (AvgIpc) is 3.01. The van der Waals surface area contributed by atoms with Crippen LogP contribution in [-0.2, 0) is 57.1 Å². The molecule has 1 aliphatic carbocycles. The summed E-state index contributed by atoms with van der Waals surface area (Å²) in [6.07, 6.45) is 5.87. The first kappa shape index (κ1) is 29.1. The van der Waals surface area contributed by atoms with Crippen LogP contribution in [0.2, 0.25) is 0 Å². The van der Waals surface area contributed by atoms with Gasteiger partial charge in [0.2, 0.25) is 20.8 Å². The Balaban J connectivity index is -0.000000267. The number of rotatable bonds is 1. The molecule has 0 saturated carbocycles. The molecular weight excluding hydrogens is 484 g/mol. The van der Waals surface area contributed by atoms with E-state index in [9.17, 15) is 8.42 Å². The van der Waals surface area contributed by atoms with E-state index in [2.05, 4.69) is 6.08 Å². The standard InChI is InChI=1S/C5H5O3S.C5H5.2H2O4S.Zr/c6-9(7,8)5-3-1-2-4-5;1-2-4-5-3-1;2*1-5(2,3)4;/h1,3H,2H2,(H,6,7,8);1-5H;2*(H2,1,2,3,4);/q2*-1;;;+4/p-2. The molecule has 1 aromatic carbocycles. The second kappa shape index (κ2) is 13.6. The van der Waals surface area contributed by atoms with Crippen molar-refractivity contribution in [1.82, 2.24) is 0 Å². The van der Waals surface area contributed by atoms with Crippen LogP contribution in [0.3, 0.4) is 0 Å². The van der Waals surface area contributed by atoms with Crippen LogP contribution in [0.4, 0.5) is 0 Å². The van der Waals surface area contributed by atoms with E-state index < -0.39 is 30.9 Å². The van der Waals surface area contributed by atoms with Gasteiger partial charge in [-0.1, -0.05) is 4.91 Å². The largest absolute Gasteiger partial charge is 4.00 e. The molecule has 0 fully saturated rings. The van der Waals surface area contributed by atoms with Crippen molar-refractivity contribution in [3.63, 3.8) is 0 Å². The Morgan fingerprint density at radius 2 is 1.28 bits per heavy atom. The molecule has 0 spiro atoms. The van der Waals surface area contributed by atoms with Crippen molar-refractivity contribution in [2.45, 2.75) is 6.42 Å². The third-order valence-electron chi connectivity index (χ3n) is 1.50. The zero-order chi connectivity index (χ0) is 19.4. The Labute approximate surface area is 164 Å². The van der Waals surface area contributed by atoms with Gasteiger partial charge in [-0.05, 0) is 0 Å². The van der Waals surface area contributed by atoms with Crippen LogP contribution in [0.5, 0.6) is 0 Å². The minimum absolute atomic E-state index is 0. The fourth-order valence-corrected chi connectivity index (χ4v) is 1.42. The molecule has 0 aromatic heterocycles. The molecule has 0 atom stereocenters. The normalized spacial score (nSPS) is 12.8. The van der Waals surface area contributed by atoms with Gasteiger partial charge < -0.3 is 9.11 Å². The van der Waals surface area contributed by atoms with Gasteiger partial charge >= 0.3 is 26.2 Å². The van der Waals surface area contributed by atoms with Crippen molar-refractivity contribution in [1.29, 1.82) is 0 Å². The fourth-order valence-electron chi connectivity index (χ4n) is 0.882. The van der Waals surface area contributed by atoms with Crippen molar-refractivity contribution in [3.8, 4) is 0 Å². The smallest absolute Gasteiger partial charge is 0.726 e. The predicted octanol–water partition coefficient (Wildman–Crippen LogP) is -0.0666. The molecule has 0 aliphatic heterocycles. The quantitative estimate of drug-likeness (QED) is 0.267. The molecule has 140 valence electrons. The van der Waals surface area contributed by atoms with Gasteiger partial charge in [-0.15, -0.1) is 6.42 Å². The minimum Gasteiger partial charge on any atom is -0.726 e. The van der Waals surface area contributed by atoms with Crippen LogP contribution < -0.4 is 0 Å². The summed E-state index contributed by atoms with van der Waals surface area (Å²) in [6.45, 7) is 0. The van der Waals surface area contributed by atoms with Crippen LogP contribution >= 0.6 is 0 Å². The molecule has 1 aromatic rings. The maximum absolute atomic E-state index is 10.2. The van der Waals surface area contributed by atoms with E-state index in [1.165, 1.54) is 6.08 Å². The fraction of sp³-hybridized carbons (Fsp3) is 0.100. The first-order valence-electron chi connectivity index (χ1n) is 5.39. The van der Waals surface area contributed by atoms with E-state index in [0.717, 1.165) is 0 Å². The van der Waals surface area contributed by atoms with E-state index in [1.807, 2.05) is 30.3 Å². The van der Waals surface area contributed by atoms with Crippen LogP contribution in [0.15, 0.2) is 47.4 Å². The van der Waals surface area contributed by atoms with Gasteiger partial charge in [-0.25, -0.2) is 29.0 Å². The molecule has 0 bridgehead atoms. The average molecular weight is 496 g/mol. The third kappa shape index (κ3) is 35.4.